The lowest BCUT2D eigenvalue weighted by molar-refractivity contribution is -0.136. The summed E-state index contributed by atoms with van der Waals surface area (Å²) in [5, 5.41) is 10.7. The lowest BCUT2D eigenvalue weighted by Crippen LogP contribution is -2.12. The van der Waals surface area contributed by atoms with Crippen LogP contribution < -0.4 is 5.73 Å². The van der Waals surface area contributed by atoms with Crippen LogP contribution >= 0.6 is 11.3 Å². The number of hydrogen-bond acceptors (Lipinski definition) is 4. The number of aromatic nitrogens is 3. The second kappa shape index (κ2) is 4.55. The molecule has 2 aromatic heterocycles. The van der Waals surface area contributed by atoms with Gasteiger partial charge in [-0.1, -0.05) is 6.07 Å². The van der Waals surface area contributed by atoms with E-state index in [0.29, 0.717) is 10.3 Å². The molecule has 0 unspecified atom stereocenters. The third kappa shape index (κ3) is 2.25. The minimum atomic E-state index is -4.44. The third-order valence-corrected chi connectivity index (χ3v) is 3.90. The van der Waals surface area contributed by atoms with Crippen LogP contribution in [-0.4, -0.2) is 21.3 Å². The van der Waals surface area contributed by atoms with Crippen LogP contribution in [-0.2, 0) is 6.18 Å². The first-order valence-electron chi connectivity index (χ1n) is 5.67. The first-order valence-corrected chi connectivity index (χ1v) is 6.55. The van der Waals surface area contributed by atoms with Gasteiger partial charge in [0.25, 0.3) is 5.91 Å². The number of fused-ring (bicyclic) bond motifs is 1. The van der Waals surface area contributed by atoms with Crippen molar-refractivity contribution in [2.75, 3.05) is 0 Å². The van der Waals surface area contributed by atoms with Crippen molar-refractivity contribution in [1.82, 2.24) is 15.4 Å². The largest absolute Gasteiger partial charge is 0.417 e. The van der Waals surface area contributed by atoms with Crippen LogP contribution in [0.1, 0.15) is 16.1 Å². The molecule has 3 aromatic rings. The van der Waals surface area contributed by atoms with Crippen molar-refractivity contribution in [3.63, 3.8) is 0 Å². The highest BCUT2D eigenvalue weighted by Gasteiger charge is 2.33. The van der Waals surface area contributed by atoms with Gasteiger partial charge in [-0.05, 0) is 12.1 Å². The molecule has 1 amide bonds. The SMILES string of the molecule is NC(=O)c1n[nH]nc1-c1ccc2scc(C(F)(F)F)c2c1. The van der Waals surface area contributed by atoms with Gasteiger partial charge < -0.3 is 5.73 Å². The van der Waals surface area contributed by atoms with Gasteiger partial charge in [0, 0.05) is 21.0 Å². The summed E-state index contributed by atoms with van der Waals surface area (Å²) in [6, 6.07) is 4.45. The standard InChI is InChI=1S/C12H7F3N4OS/c13-12(14,15)7-4-21-8-2-1-5(3-6(7)8)9-10(11(16)20)18-19-17-9/h1-4H,(H2,16,20)(H,17,18,19). The van der Waals surface area contributed by atoms with Gasteiger partial charge in [0.05, 0.1) is 5.56 Å². The van der Waals surface area contributed by atoms with E-state index >= 15 is 0 Å². The van der Waals surface area contributed by atoms with E-state index in [1.54, 1.807) is 12.1 Å². The van der Waals surface area contributed by atoms with Gasteiger partial charge in [0.2, 0.25) is 0 Å². The predicted octanol–water partition coefficient (Wildman–Crippen LogP) is 2.80. The van der Waals surface area contributed by atoms with Crippen molar-refractivity contribution in [3.05, 3.63) is 34.8 Å². The van der Waals surface area contributed by atoms with E-state index in [1.165, 1.54) is 6.07 Å². The maximum absolute atomic E-state index is 12.9. The van der Waals surface area contributed by atoms with Crippen LogP contribution in [0, 0.1) is 0 Å². The van der Waals surface area contributed by atoms with Crippen LogP contribution in [0.5, 0.6) is 0 Å². The number of amides is 1. The van der Waals surface area contributed by atoms with Crippen molar-refractivity contribution >= 4 is 27.3 Å². The van der Waals surface area contributed by atoms with Crippen molar-refractivity contribution in [1.29, 1.82) is 0 Å². The number of benzene rings is 1. The number of nitrogens with zero attached hydrogens (tertiary/aromatic N) is 2. The molecule has 0 spiro atoms. The molecule has 3 N–H and O–H groups in total. The van der Waals surface area contributed by atoms with Gasteiger partial charge >= 0.3 is 6.18 Å². The highest BCUT2D eigenvalue weighted by molar-refractivity contribution is 7.17. The van der Waals surface area contributed by atoms with Gasteiger partial charge in [-0.3, -0.25) is 4.79 Å². The Balaban J connectivity index is 2.21. The third-order valence-electron chi connectivity index (χ3n) is 2.93. The summed E-state index contributed by atoms with van der Waals surface area (Å²) in [4.78, 5) is 11.2. The van der Waals surface area contributed by atoms with E-state index in [4.69, 9.17) is 5.73 Å². The fourth-order valence-corrected chi connectivity index (χ4v) is 2.95. The Bertz CT molecular complexity index is 837. The van der Waals surface area contributed by atoms with E-state index in [0.717, 1.165) is 16.7 Å². The molecule has 0 bridgehead atoms. The van der Waals surface area contributed by atoms with Gasteiger partial charge in [-0.15, -0.1) is 11.3 Å². The number of primary amides is 1. The zero-order valence-electron chi connectivity index (χ0n) is 10.2. The van der Waals surface area contributed by atoms with Crippen LogP contribution in [0.4, 0.5) is 13.2 Å². The summed E-state index contributed by atoms with van der Waals surface area (Å²) in [7, 11) is 0. The number of alkyl halides is 3. The van der Waals surface area contributed by atoms with E-state index < -0.39 is 17.6 Å². The number of carbonyl (C=O) groups is 1. The number of aromatic amines is 1. The van der Waals surface area contributed by atoms with E-state index in [-0.39, 0.29) is 16.8 Å². The molecule has 5 nitrogen and oxygen atoms in total. The molecule has 0 aliphatic carbocycles. The Morgan fingerprint density at radius 2 is 2.05 bits per heavy atom. The highest BCUT2D eigenvalue weighted by atomic mass is 32.1. The maximum Gasteiger partial charge on any atom is 0.417 e. The number of nitrogens with two attached hydrogens (primary N) is 1. The molecular weight excluding hydrogens is 305 g/mol. The second-order valence-electron chi connectivity index (χ2n) is 4.24. The zero-order valence-corrected chi connectivity index (χ0v) is 11.0. The zero-order chi connectivity index (χ0) is 15.2. The Hall–Kier alpha value is -2.42. The average Bonchev–Trinajstić information content (AvgIpc) is 3.03. The number of H-pyrrole nitrogens is 1. The van der Waals surface area contributed by atoms with E-state index in [9.17, 15) is 18.0 Å². The smallest absolute Gasteiger partial charge is 0.364 e. The van der Waals surface area contributed by atoms with Crippen molar-refractivity contribution in [3.8, 4) is 11.3 Å². The highest BCUT2D eigenvalue weighted by Crippen LogP contribution is 2.39. The predicted molar refractivity (Wildman–Crippen MR) is 70.7 cm³/mol. The number of thiophene rings is 1. The fraction of sp³-hybridized carbons (Fsp3) is 0.0833. The molecule has 0 saturated carbocycles. The molecule has 0 aliphatic rings. The fourth-order valence-electron chi connectivity index (χ4n) is 2.00. The van der Waals surface area contributed by atoms with Crippen molar-refractivity contribution < 1.29 is 18.0 Å². The summed E-state index contributed by atoms with van der Waals surface area (Å²) in [6.07, 6.45) is -4.44. The molecule has 0 fully saturated rings. The van der Waals surface area contributed by atoms with Crippen LogP contribution in [0.2, 0.25) is 0 Å². The molecule has 2 heterocycles. The van der Waals surface area contributed by atoms with Crippen molar-refractivity contribution in [2.24, 2.45) is 5.73 Å². The number of carbonyl (C=O) groups excluding carboxylic acids is 1. The lowest BCUT2D eigenvalue weighted by Gasteiger charge is -2.05. The monoisotopic (exact) mass is 312 g/mol. The quantitative estimate of drug-likeness (QED) is 0.763. The molecule has 0 atom stereocenters. The van der Waals surface area contributed by atoms with E-state index in [2.05, 4.69) is 15.4 Å². The molecule has 0 radical (unpaired) electrons. The minimum Gasteiger partial charge on any atom is -0.364 e. The van der Waals surface area contributed by atoms with Crippen LogP contribution in [0.3, 0.4) is 0 Å². The molecule has 9 heteroatoms. The number of hydrogen-bond donors (Lipinski definition) is 2. The Labute approximate surface area is 119 Å². The van der Waals surface area contributed by atoms with Gasteiger partial charge in [-0.2, -0.15) is 28.6 Å². The summed E-state index contributed by atoms with van der Waals surface area (Å²) in [5.74, 6) is -0.805. The summed E-state index contributed by atoms with van der Waals surface area (Å²) in [6.45, 7) is 0. The van der Waals surface area contributed by atoms with Gasteiger partial charge in [0.15, 0.2) is 5.69 Å². The molecule has 21 heavy (non-hydrogen) atoms. The average molecular weight is 312 g/mol. The van der Waals surface area contributed by atoms with Crippen molar-refractivity contribution in [2.45, 2.75) is 6.18 Å². The lowest BCUT2D eigenvalue weighted by atomic mass is 10.1. The summed E-state index contributed by atoms with van der Waals surface area (Å²) < 4.78 is 39.3. The first kappa shape index (κ1) is 13.6. The van der Waals surface area contributed by atoms with E-state index in [1.807, 2.05) is 0 Å². The molecule has 3 rings (SSSR count). The molecule has 0 aliphatic heterocycles. The second-order valence-corrected chi connectivity index (χ2v) is 5.15. The Morgan fingerprint density at radius 3 is 2.71 bits per heavy atom. The molecule has 108 valence electrons. The number of nitrogens with one attached hydrogen (secondary N) is 1. The Kier molecular flexibility index (Phi) is 2.94. The van der Waals surface area contributed by atoms with Gasteiger partial charge in [0.1, 0.15) is 5.69 Å². The topological polar surface area (TPSA) is 84.7 Å². The number of rotatable bonds is 2. The number of halogens is 3. The summed E-state index contributed by atoms with van der Waals surface area (Å²) >= 11 is 1.00. The molecular formula is C12H7F3N4OS. The minimum absolute atomic E-state index is 0.0587. The molecule has 1 aromatic carbocycles. The summed E-state index contributed by atoms with van der Waals surface area (Å²) in [5.41, 5.74) is 4.79. The normalized spacial score (nSPS) is 12.0. The van der Waals surface area contributed by atoms with Crippen LogP contribution in [0.15, 0.2) is 23.6 Å². The Morgan fingerprint density at radius 1 is 1.29 bits per heavy atom. The van der Waals surface area contributed by atoms with Crippen LogP contribution in [0.25, 0.3) is 21.3 Å². The first-order chi connectivity index (χ1) is 9.88. The molecule has 0 saturated heterocycles. The maximum atomic E-state index is 12.9. The van der Waals surface area contributed by atoms with Gasteiger partial charge in [-0.25, -0.2) is 0 Å².